The molecule has 2 heteroatoms. The molecule has 3 aliphatic rings. The molecule has 0 aromatic heterocycles. The van der Waals surface area contributed by atoms with E-state index in [4.69, 9.17) is 0 Å². The van der Waals surface area contributed by atoms with Gasteiger partial charge in [0.2, 0.25) is 0 Å². The Balaban J connectivity index is 1.47. The van der Waals surface area contributed by atoms with Gasteiger partial charge < -0.3 is 10.2 Å². The van der Waals surface area contributed by atoms with E-state index in [1.807, 2.05) is 0 Å². The molecule has 0 aromatic carbocycles. The number of nitrogens with one attached hydrogen (secondary N) is 1. The number of fused-ring (bicyclic) bond motifs is 1. The summed E-state index contributed by atoms with van der Waals surface area (Å²) >= 11 is 0. The molecule has 0 aromatic rings. The Kier molecular flexibility index (Phi) is 5.39. The van der Waals surface area contributed by atoms with Crippen LogP contribution in [0.15, 0.2) is 0 Å². The summed E-state index contributed by atoms with van der Waals surface area (Å²) in [6.07, 6.45) is 13.2. The van der Waals surface area contributed by atoms with E-state index in [0.717, 1.165) is 23.8 Å². The highest BCUT2D eigenvalue weighted by molar-refractivity contribution is 4.89. The molecule has 3 rings (SSSR count). The van der Waals surface area contributed by atoms with Gasteiger partial charge in [-0.05, 0) is 62.9 Å². The fraction of sp³-hybridized carbons (Fsp3) is 1.00. The van der Waals surface area contributed by atoms with Gasteiger partial charge in [-0.25, -0.2) is 0 Å². The molecule has 116 valence electrons. The van der Waals surface area contributed by atoms with Gasteiger partial charge in [0, 0.05) is 19.1 Å². The number of nitrogens with zero attached hydrogens (tertiary/aromatic N) is 1. The van der Waals surface area contributed by atoms with Gasteiger partial charge in [0.05, 0.1) is 0 Å². The lowest BCUT2D eigenvalue weighted by atomic mass is 9.75. The smallest absolute Gasteiger partial charge is 0.0107 e. The van der Waals surface area contributed by atoms with E-state index < -0.39 is 0 Å². The van der Waals surface area contributed by atoms with Crippen LogP contribution in [0.25, 0.3) is 0 Å². The predicted octanol–water partition coefficient (Wildman–Crippen LogP) is 3.67. The lowest BCUT2D eigenvalue weighted by molar-refractivity contribution is 0.0729. The molecule has 0 spiro atoms. The molecule has 0 amide bonds. The van der Waals surface area contributed by atoms with E-state index in [9.17, 15) is 0 Å². The molecule has 1 aliphatic heterocycles. The van der Waals surface area contributed by atoms with Crippen LogP contribution < -0.4 is 5.32 Å². The van der Waals surface area contributed by atoms with Crippen LogP contribution in [0.1, 0.15) is 64.7 Å². The van der Waals surface area contributed by atoms with Crippen molar-refractivity contribution in [2.75, 3.05) is 26.2 Å². The Labute approximate surface area is 125 Å². The van der Waals surface area contributed by atoms with Crippen molar-refractivity contribution in [1.82, 2.24) is 10.2 Å². The molecule has 2 saturated carbocycles. The monoisotopic (exact) mass is 278 g/mol. The number of rotatable bonds is 5. The maximum atomic E-state index is 3.80. The van der Waals surface area contributed by atoms with E-state index in [1.54, 1.807) is 0 Å². The Bertz CT molecular complexity index is 291. The first-order chi connectivity index (χ1) is 9.86. The third-order valence-electron chi connectivity index (χ3n) is 6.18. The Morgan fingerprint density at radius 3 is 2.65 bits per heavy atom. The summed E-state index contributed by atoms with van der Waals surface area (Å²) < 4.78 is 0. The van der Waals surface area contributed by atoms with Crippen molar-refractivity contribution in [2.24, 2.45) is 17.8 Å². The minimum absolute atomic E-state index is 0.819. The molecule has 1 heterocycles. The van der Waals surface area contributed by atoms with E-state index in [1.165, 1.54) is 84.0 Å². The standard InChI is InChI=1S/C18H34N2/c1-2-11-19-18-9-5-8-17(18)14-20-12-10-15-6-3-4-7-16(15)13-20/h15-19H,2-14H2,1H3. The van der Waals surface area contributed by atoms with Gasteiger partial charge in [-0.15, -0.1) is 0 Å². The van der Waals surface area contributed by atoms with E-state index in [-0.39, 0.29) is 0 Å². The lowest BCUT2D eigenvalue weighted by Gasteiger charge is -2.42. The average Bonchev–Trinajstić information content (AvgIpc) is 2.92. The zero-order chi connectivity index (χ0) is 13.8. The van der Waals surface area contributed by atoms with Crippen molar-refractivity contribution in [3.8, 4) is 0 Å². The van der Waals surface area contributed by atoms with Crippen molar-refractivity contribution in [1.29, 1.82) is 0 Å². The second-order valence-corrected chi connectivity index (χ2v) is 7.60. The van der Waals surface area contributed by atoms with Crippen LogP contribution in [0.2, 0.25) is 0 Å². The van der Waals surface area contributed by atoms with Gasteiger partial charge in [-0.2, -0.15) is 0 Å². The van der Waals surface area contributed by atoms with Crippen molar-refractivity contribution < 1.29 is 0 Å². The largest absolute Gasteiger partial charge is 0.314 e. The summed E-state index contributed by atoms with van der Waals surface area (Å²) in [5.41, 5.74) is 0. The summed E-state index contributed by atoms with van der Waals surface area (Å²) in [6, 6.07) is 0.819. The van der Waals surface area contributed by atoms with E-state index in [2.05, 4.69) is 17.1 Å². The average molecular weight is 278 g/mol. The number of hydrogen-bond donors (Lipinski definition) is 1. The normalized spacial score (nSPS) is 38.9. The minimum Gasteiger partial charge on any atom is -0.314 e. The Morgan fingerprint density at radius 1 is 0.950 bits per heavy atom. The van der Waals surface area contributed by atoms with E-state index in [0.29, 0.717) is 0 Å². The van der Waals surface area contributed by atoms with Gasteiger partial charge in [-0.3, -0.25) is 0 Å². The first-order valence-corrected chi connectivity index (χ1v) is 9.32. The molecule has 1 saturated heterocycles. The molecule has 2 aliphatic carbocycles. The van der Waals surface area contributed by atoms with Gasteiger partial charge in [0.1, 0.15) is 0 Å². The minimum atomic E-state index is 0.819. The van der Waals surface area contributed by atoms with Crippen LogP contribution in [-0.4, -0.2) is 37.1 Å². The quantitative estimate of drug-likeness (QED) is 0.825. The third kappa shape index (κ3) is 3.57. The van der Waals surface area contributed by atoms with Crippen LogP contribution in [0.5, 0.6) is 0 Å². The second-order valence-electron chi connectivity index (χ2n) is 7.60. The molecular weight excluding hydrogens is 244 g/mol. The summed E-state index contributed by atoms with van der Waals surface area (Å²) in [7, 11) is 0. The van der Waals surface area contributed by atoms with Crippen LogP contribution in [0, 0.1) is 17.8 Å². The van der Waals surface area contributed by atoms with Crippen LogP contribution >= 0.6 is 0 Å². The van der Waals surface area contributed by atoms with Gasteiger partial charge in [-0.1, -0.05) is 32.6 Å². The number of piperidine rings is 1. The lowest BCUT2D eigenvalue weighted by Crippen LogP contribution is -2.46. The Hall–Kier alpha value is -0.0800. The van der Waals surface area contributed by atoms with Crippen LogP contribution in [0.4, 0.5) is 0 Å². The maximum absolute atomic E-state index is 3.80. The highest BCUT2D eigenvalue weighted by Crippen LogP contribution is 2.37. The van der Waals surface area contributed by atoms with Crippen molar-refractivity contribution in [3.05, 3.63) is 0 Å². The highest BCUT2D eigenvalue weighted by Gasteiger charge is 2.34. The SMILES string of the molecule is CCCNC1CCCC1CN1CCC2CCCCC2C1. The van der Waals surface area contributed by atoms with Crippen molar-refractivity contribution in [2.45, 2.75) is 70.8 Å². The summed E-state index contributed by atoms with van der Waals surface area (Å²) in [5, 5.41) is 3.80. The summed E-state index contributed by atoms with van der Waals surface area (Å²) in [6.45, 7) is 7.68. The number of likely N-dealkylation sites (tertiary alicyclic amines) is 1. The molecule has 1 N–H and O–H groups in total. The maximum Gasteiger partial charge on any atom is 0.0107 e. The second kappa shape index (κ2) is 7.26. The van der Waals surface area contributed by atoms with Gasteiger partial charge >= 0.3 is 0 Å². The van der Waals surface area contributed by atoms with Gasteiger partial charge in [0.15, 0.2) is 0 Å². The zero-order valence-corrected chi connectivity index (χ0v) is 13.4. The Morgan fingerprint density at radius 2 is 1.80 bits per heavy atom. The fourth-order valence-electron chi connectivity index (χ4n) is 5.03. The first-order valence-electron chi connectivity index (χ1n) is 9.32. The molecule has 20 heavy (non-hydrogen) atoms. The molecule has 4 unspecified atom stereocenters. The third-order valence-corrected chi connectivity index (χ3v) is 6.18. The first kappa shape index (κ1) is 14.8. The highest BCUT2D eigenvalue weighted by atomic mass is 15.1. The number of hydrogen-bond acceptors (Lipinski definition) is 2. The predicted molar refractivity (Wildman–Crippen MR) is 85.9 cm³/mol. The molecule has 0 bridgehead atoms. The van der Waals surface area contributed by atoms with Crippen molar-refractivity contribution >= 4 is 0 Å². The van der Waals surface area contributed by atoms with Crippen LogP contribution in [0.3, 0.4) is 0 Å². The fourth-order valence-corrected chi connectivity index (χ4v) is 5.03. The van der Waals surface area contributed by atoms with Gasteiger partial charge in [0.25, 0.3) is 0 Å². The summed E-state index contributed by atoms with van der Waals surface area (Å²) in [5.74, 6) is 3.06. The molecule has 3 fully saturated rings. The molecule has 4 atom stereocenters. The topological polar surface area (TPSA) is 15.3 Å². The van der Waals surface area contributed by atoms with Crippen LogP contribution in [-0.2, 0) is 0 Å². The molecule has 2 nitrogen and oxygen atoms in total. The van der Waals surface area contributed by atoms with Crippen molar-refractivity contribution in [3.63, 3.8) is 0 Å². The molecule has 0 radical (unpaired) electrons. The molecular formula is C18H34N2. The zero-order valence-electron chi connectivity index (χ0n) is 13.4. The van der Waals surface area contributed by atoms with E-state index >= 15 is 0 Å². The summed E-state index contributed by atoms with van der Waals surface area (Å²) in [4.78, 5) is 2.82.